The van der Waals surface area contributed by atoms with Crippen LogP contribution in [0.3, 0.4) is 0 Å². The summed E-state index contributed by atoms with van der Waals surface area (Å²) >= 11 is 0. The molecule has 0 nitrogen and oxygen atoms in total. The Morgan fingerprint density at radius 2 is 1.00 bits per heavy atom. The van der Waals surface area contributed by atoms with Gasteiger partial charge in [-0.2, -0.15) is 0 Å². The van der Waals surface area contributed by atoms with Crippen molar-refractivity contribution in [2.45, 2.75) is 0 Å². The summed E-state index contributed by atoms with van der Waals surface area (Å²) in [4.78, 5) is 0. The van der Waals surface area contributed by atoms with Crippen molar-refractivity contribution in [3.8, 4) is 0 Å². The predicted octanol–water partition coefficient (Wildman–Crippen LogP) is -3.02. The Bertz CT molecular complexity index is 8.00. The van der Waals surface area contributed by atoms with Gasteiger partial charge < -0.3 is 0 Å². The molecule has 0 aliphatic carbocycles. The molecule has 5 radical (unpaired) electrons. The molecule has 0 saturated carbocycles. The quantitative estimate of drug-likeness (QED) is 0.280. The van der Waals surface area contributed by atoms with Crippen LogP contribution >= 0.6 is 0 Å². The van der Waals surface area contributed by atoms with E-state index in [1.54, 1.807) is 0 Å². The third kappa shape index (κ3) is 9.01. The van der Waals surface area contributed by atoms with E-state index in [-0.39, 0.29) is 99.4 Å². The number of hydrogen-bond donors (Lipinski definition) is 0. The topological polar surface area (TPSA) is 0 Å². The van der Waals surface area contributed by atoms with Crippen molar-refractivity contribution in [3.63, 3.8) is 0 Å². The Labute approximate surface area is 97.3 Å². The molecule has 0 atom stereocenters. The zero-order valence-electron chi connectivity index (χ0n) is 1.72. The predicted molar refractivity (Wildman–Crippen MR) is 27.0 cm³/mol. The van der Waals surface area contributed by atoms with Gasteiger partial charge in [-0.15, -0.1) is 0 Å². The summed E-state index contributed by atoms with van der Waals surface area (Å²) in [6, 6.07) is 0. The molecule has 0 aliphatic heterocycles. The van der Waals surface area contributed by atoms with Gasteiger partial charge in [0, 0.05) is 22.4 Å². The second-order valence-electron chi connectivity index (χ2n) is 0. The van der Waals surface area contributed by atoms with Crippen molar-refractivity contribution < 1.29 is 22.4 Å². The van der Waals surface area contributed by atoms with Gasteiger partial charge in [0.2, 0.25) is 0 Å². The molecule has 0 aromatic rings. The molecule has 0 spiro atoms. The first-order valence-corrected chi connectivity index (χ1v) is 0. The van der Waals surface area contributed by atoms with Gasteiger partial charge in [0.15, 0.2) is 0 Å². The molecule has 0 amide bonds. The van der Waals surface area contributed by atoms with Crippen molar-refractivity contribution in [2.75, 3.05) is 0 Å². The molecule has 0 fully saturated rings. The average molecular weight is 556 g/mol. The van der Waals surface area contributed by atoms with E-state index in [2.05, 4.69) is 0 Å². The van der Waals surface area contributed by atoms with E-state index in [0.29, 0.717) is 0 Å². The molecular formula is H7AgInPbSn. The second-order valence-corrected chi connectivity index (χ2v) is 0. The molecule has 0 aromatic heterocycles. The molecule has 0 unspecified atom stereocenters. The molecule has 0 N–H and O–H groups in total. The molecule has 0 saturated heterocycles. The number of hydrogen-bond acceptors (Lipinski definition) is 0. The van der Waals surface area contributed by atoms with E-state index < -0.39 is 0 Å². The fraction of sp³-hybridized carbons (Fsp3) is 0. The van der Waals surface area contributed by atoms with Crippen molar-refractivity contribution in [1.82, 2.24) is 0 Å². The van der Waals surface area contributed by atoms with Crippen molar-refractivity contribution in [2.24, 2.45) is 0 Å². The summed E-state index contributed by atoms with van der Waals surface area (Å²) in [5, 5.41) is 0. The average Bonchev–Trinajstić information content (AvgIpc) is 0. The van der Waals surface area contributed by atoms with Gasteiger partial charge >= 0.3 is 77.0 Å². The van der Waals surface area contributed by atoms with Gasteiger partial charge in [-0.1, -0.05) is 0 Å². The molecular weight excluding hydrogens is 549 g/mol. The first-order chi connectivity index (χ1) is 0. The molecule has 0 heterocycles. The van der Waals surface area contributed by atoms with Crippen LogP contribution in [0.2, 0.25) is 0 Å². The van der Waals surface area contributed by atoms with E-state index in [1.807, 2.05) is 0 Å². The fourth-order valence-electron chi connectivity index (χ4n) is 0. The molecule has 29 valence electrons. The van der Waals surface area contributed by atoms with Crippen LogP contribution in [-0.2, 0) is 22.4 Å². The zero-order chi connectivity index (χ0) is 0. The number of rotatable bonds is 0. The first kappa shape index (κ1) is 26.5. The fourth-order valence-corrected chi connectivity index (χ4v) is 0. The first-order valence-electron chi connectivity index (χ1n) is 0. The Morgan fingerprint density at radius 1 is 1.00 bits per heavy atom. The Hall–Kier alpha value is 3.33. The van der Waals surface area contributed by atoms with Gasteiger partial charge in [0.25, 0.3) is 0 Å². The molecule has 0 aromatic carbocycles. The van der Waals surface area contributed by atoms with Crippen molar-refractivity contribution in [1.29, 1.82) is 0 Å². The van der Waals surface area contributed by atoms with Crippen LogP contribution in [0.15, 0.2) is 0 Å². The van der Waals surface area contributed by atoms with Crippen LogP contribution in [0.1, 0.15) is 0 Å². The Kier molecular flexibility index (Phi) is 107. The minimum absolute atomic E-state index is 0. The molecule has 0 bridgehead atoms. The maximum absolute atomic E-state index is 0. The van der Waals surface area contributed by atoms with E-state index in [4.69, 9.17) is 0 Å². The van der Waals surface area contributed by atoms with E-state index in [1.165, 1.54) is 0 Å². The molecule has 4 heavy (non-hydrogen) atoms. The van der Waals surface area contributed by atoms with Crippen LogP contribution in [0.25, 0.3) is 0 Å². The standard InChI is InChI=1S/Ag.In.Pb.Sn.7H. The summed E-state index contributed by atoms with van der Waals surface area (Å²) in [5.41, 5.74) is 0. The van der Waals surface area contributed by atoms with E-state index >= 15 is 0 Å². The molecule has 4 heteroatoms. The third-order valence-corrected chi connectivity index (χ3v) is 0. The second kappa shape index (κ2) is 16.2. The van der Waals surface area contributed by atoms with Crippen LogP contribution in [0, 0.1) is 0 Å². The summed E-state index contributed by atoms with van der Waals surface area (Å²) in [7, 11) is 0. The van der Waals surface area contributed by atoms with Crippen molar-refractivity contribution in [3.05, 3.63) is 0 Å². The van der Waals surface area contributed by atoms with Gasteiger partial charge in [-0.3, -0.25) is 0 Å². The summed E-state index contributed by atoms with van der Waals surface area (Å²) < 4.78 is 0. The Balaban J connectivity index is 0. The van der Waals surface area contributed by atoms with Crippen LogP contribution in [0.5, 0.6) is 0 Å². The van der Waals surface area contributed by atoms with Crippen molar-refractivity contribution >= 4 is 77.0 Å². The Morgan fingerprint density at radius 3 is 1.00 bits per heavy atom. The van der Waals surface area contributed by atoms with Crippen LogP contribution in [0.4, 0.5) is 0 Å². The van der Waals surface area contributed by atoms with Gasteiger partial charge in [-0.25, -0.2) is 0 Å². The SMILES string of the molecule is [Ag].[InH3].[PbH2].[SnH2]. The minimum atomic E-state index is 0. The summed E-state index contributed by atoms with van der Waals surface area (Å²) in [6.45, 7) is 0. The maximum atomic E-state index is 0. The zero-order valence-corrected chi connectivity index (χ0v) is 12.7. The normalized spacial score (nSPS) is 0. The van der Waals surface area contributed by atoms with Gasteiger partial charge in [0.05, 0.1) is 0 Å². The van der Waals surface area contributed by atoms with Crippen LogP contribution < -0.4 is 0 Å². The van der Waals surface area contributed by atoms with Gasteiger partial charge in [0.1, 0.15) is 0 Å². The third-order valence-electron chi connectivity index (χ3n) is 0. The molecule has 0 aliphatic rings. The van der Waals surface area contributed by atoms with Gasteiger partial charge in [-0.05, 0) is 0 Å². The van der Waals surface area contributed by atoms with E-state index in [9.17, 15) is 0 Å². The molecule has 0 rings (SSSR count). The summed E-state index contributed by atoms with van der Waals surface area (Å²) in [5.74, 6) is 0. The monoisotopic (exact) mass is 557 g/mol. The van der Waals surface area contributed by atoms with Crippen LogP contribution in [-0.4, -0.2) is 77.0 Å². The van der Waals surface area contributed by atoms with E-state index in [0.717, 1.165) is 0 Å². The summed E-state index contributed by atoms with van der Waals surface area (Å²) in [6.07, 6.45) is 0.